The Hall–Kier alpha value is -4.62. The zero-order valence-corrected chi connectivity index (χ0v) is 29.5. The number of carbonyl (C=O) groups excluding carboxylic acids is 2. The van der Waals surface area contributed by atoms with Crippen LogP contribution in [0.3, 0.4) is 0 Å². The maximum Gasteiger partial charge on any atom is 0.340 e. The van der Waals surface area contributed by atoms with Gasteiger partial charge in [-0.2, -0.15) is 0 Å². The second-order valence-electron chi connectivity index (χ2n) is 11.1. The van der Waals surface area contributed by atoms with Crippen LogP contribution in [0, 0.1) is 13.8 Å². The Bertz CT molecular complexity index is 1910. The largest absolute Gasteiger partial charge is 0.462 e. The number of nitrogens with one attached hydrogen (secondary N) is 1. The molecule has 0 bridgehead atoms. The summed E-state index contributed by atoms with van der Waals surface area (Å²) in [4.78, 5) is 27.8. The van der Waals surface area contributed by atoms with E-state index in [-0.39, 0.29) is 18.0 Å². The maximum absolute atomic E-state index is 12.4. The Morgan fingerprint density at radius 2 is 1.17 bits per heavy atom. The monoisotopic (exact) mass is 694 g/mol. The lowest BCUT2D eigenvalue weighted by molar-refractivity contribution is 0.0518. The fraction of sp³-hybridized carbons (Fsp3) is 0.250. The smallest absolute Gasteiger partial charge is 0.340 e. The van der Waals surface area contributed by atoms with Crippen molar-refractivity contribution in [1.82, 2.24) is 9.55 Å². The Labute approximate surface area is 285 Å². The third kappa shape index (κ3) is 8.40. The number of rotatable bonds is 7. The van der Waals surface area contributed by atoms with Crippen LogP contribution < -0.4 is 0 Å². The molecule has 0 spiro atoms. The first-order chi connectivity index (χ1) is 22.7. The summed E-state index contributed by atoms with van der Waals surface area (Å²) >= 11 is 3.48. The molecule has 244 valence electrons. The number of carbonyl (C=O) groups is 2. The molecule has 2 unspecified atom stereocenters. The van der Waals surface area contributed by atoms with Gasteiger partial charge in [-0.25, -0.2) is 9.59 Å². The van der Waals surface area contributed by atoms with Crippen LogP contribution in [0.5, 0.6) is 0 Å². The molecule has 6 aromatic rings. The summed E-state index contributed by atoms with van der Waals surface area (Å²) < 4.78 is 12.5. The van der Waals surface area contributed by atoms with Crippen LogP contribution in [0.1, 0.15) is 81.8 Å². The zero-order chi connectivity index (χ0) is 33.9. The van der Waals surface area contributed by atoms with Crippen LogP contribution >= 0.6 is 15.9 Å². The number of para-hydroxylation sites is 2. The summed E-state index contributed by atoms with van der Waals surface area (Å²) in [5.41, 5.74) is 7.69. The number of aromatic nitrogens is 2. The minimum Gasteiger partial charge on any atom is -0.462 e. The predicted molar refractivity (Wildman–Crippen MR) is 196 cm³/mol. The molecule has 4 aromatic carbocycles. The Kier molecular flexibility index (Phi) is 12.6. The average molecular weight is 696 g/mol. The molecule has 2 aromatic heterocycles. The number of benzene rings is 4. The summed E-state index contributed by atoms with van der Waals surface area (Å²) in [6.07, 6.45) is 0. The summed E-state index contributed by atoms with van der Waals surface area (Å²) in [7, 11) is 0. The number of alkyl halides is 1. The molecule has 1 N–H and O–H groups in total. The highest BCUT2D eigenvalue weighted by atomic mass is 79.9. The van der Waals surface area contributed by atoms with Crippen molar-refractivity contribution in [3.05, 3.63) is 143 Å². The van der Waals surface area contributed by atoms with Crippen molar-refractivity contribution in [3.63, 3.8) is 0 Å². The van der Waals surface area contributed by atoms with Gasteiger partial charge in [0, 0.05) is 38.0 Å². The average Bonchev–Trinajstić information content (AvgIpc) is 3.58. The molecule has 0 aliphatic carbocycles. The fourth-order valence-electron chi connectivity index (χ4n) is 5.69. The van der Waals surface area contributed by atoms with Crippen molar-refractivity contribution in [2.45, 2.75) is 52.4 Å². The Morgan fingerprint density at radius 1 is 0.681 bits per heavy atom. The Balaban J connectivity index is 0.000000178. The van der Waals surface area contributed by atoms with E-state index < -0.39 is 0 Å². The van der Waals surface area contributed by atoms with Gasteiger partial charge < -0.3 is 19.0 Å². The number of nitrogens with zero attached hydrogens (tertiary/aromatic N) is 1. The number of esters is 2. The number of hydrogen-bond acceptors (Lipinski definition) is 4. The summed E-state index contributed by atoms with van der Waals surface area (Å²) in [6, 6.07) is 36.6. The SMILES string of the molecule is CC(Br)c1ccccc1.CCOC(=O)c1c(C)[nH]c2ccccc12.CCOC(=O)c1c(C)n(C(C)c2ccccc2)c2ccccc12. The van der Waals surface area contributed by atoms with Crippen LogP contribution in [0.2, 0.25) is 0 Å². The molecule has 0 aliphatic heterocycles. The normalized spacial score (nSPS) is 11.9. The minimum absolute atomic E-state index is 0.143. The highest BCUT2D eigenvalue weighted by molar-refractivity contribution is 9.09. The summed E-state index contributed by atoms with van der Waals surface area (Å²) in [5.74, 6) is -0.507. The van der Waals surface area contributed by atoms with Crippen molar-refractivity contribution in [2.24, 2.45) is 0 Å². The van der Waals surface area contributed by atoms with Gasteiger partial charge in [0.05, 0.1) is 30.4 Å². The van der Waals surface area contributed by atoms with Gasteiger partial charge in [0.25, 0.3) is 0 Å². The van der Waals surface area contributed by atoms with Crippen LogP contribution in [-0.4, -0.2) is 34.7 Å². The molecular formula is C40H43BrN2O4. The molecule has 0 saturated carbocycles. The molecule has 0 radical (unpaired) electrons. The minimum atomic E-state index is -0.257. The van der Waals surface area contributed by atoms with Crippen LogP contribution in [0.25, 0.3) is 21.8 Å². The van der Waals surface area contributed by atoms with Crippen molar-refractivity contribution in [2.75, 3.05) is 13.2 Å². The Morgan fingerprint density at radius 3 is 1.72 bits per heavy atom. The maximum atomic E-state index is 12.4. The van der Waals surface area contributed by atoms with Crippen molar-refractivity contribution >= 4 is 49.7 Å². The van der Waals surface area contributed by atoms with Crippen molar-refractivity contribution in [3.8, 4) is 0 Å². The van der Waals surface area contributed by atoms with Gasteiger partial charge in [0.1, 0.15) is 0 Å². The molecule has 0 aliphatic rings. The number of fused-ring (bicyclic) bond motifs is 2. The van der Waals surface area contributed by atoms with Crippen LogP contribution in [-0.2, 0) is 9.47 Å². The number of hydrogen-bond donors (Lipinski definition) is 1. The lowest BCUT2D eigenvalue weighted by Crippen LogP contribution is -2.11. The first-order valence-corrected chi connectivity index (χ1v) is 16.9. The molecule has 2 heterocycles. The number of aryl methyl sites for hydroxylation is 1. The second-order valence-corrected chi connectivity index (χ2v) is 12.4. The highest BCUT2D eigenvalue weighted by Crippen LogP contribution is 2.32. The van der Waals surface area contributed by atoms with Crippen LogP contribution in [0.15, 0.2) is 109 Å². The number of H-pyrrole nitrogens is 1. The lowest BCUT2D eigenvalue weighted by atomic mass is 10.1. The molecule has 6 nitrogen and oxygen atoms in total. The standard InChI is InChI=1S/C20H21NO2.C12H13NO2.C8H9Br/c1-4-23-20(22)19-15(3)21(18-13-9-8-12-17(18)19)14(2)16-10-6-5-7-11-16;1-3-15-12(14)11-8(2)13-10-7-5-4-6-9(10)11;1-7(9)8-5-3-2-4-6-8/h5-14H,4H2,1-3H3;4-7,13H,3H2,1-2H3;2-7H,1H3. The van der Waals surface area contributed by atoms with Gasteiger partial charge in [-0.3, -0.25) is 0 Å². The van der Waals surface area contributed by atoms with E-state index in [1.165, 1.54) is 11.1 Å². The zero-order valence-electron chi connectivity index (χ0n) is 27.9. The van der Waals surface area contributed by atoms with Gasteiger partial charge in [0.2, 0.25) is 0 Å². The van der Waals surface area contributed by atoms with E-state index in [1.54, 1.807) is 0 Å². The van der Waals surface area contributed by atoms with E-state index in [2.05, 4.69) is 69.7 Å². The summed E-state index contributed by atoms with van der Waals surface area (Å²) in [5, 5.41) is 1.87. The van der Waals surface area contributed by atoms with Crippen LogP contribution in [0.4, 0.5) is 0 Å². The van der Waals surface area contributed by atoms with Gasteiger partial charge in [-0.05, 0) is 64.8 Å². The van der Waals surface area contributed by atoms with E-state index in [9.17, 15) is 9.59 Å². The molecule has 7 heteroatoms. The van der Waals surface area contributed by atoms with E-state index >= 15 is 0 Å². The molecular weight excluding hydrogens is 652 g/mol. The van der Waals surface area contributed by atoms with Gasteiger partial charge in [-0.1, -0.05) is 113 Å². The number of aromatic amines is 1. The molecule has 0 fully saturated rings. The van der Waals surface area contributed by atoms with E-state index in [0.29, 0.717) is 29.2 Å². The van der Waals surface area contributed by atoms with E-state index in [1.807, 2.05) is 107 Å². The third-order valence-corrected chi connectivity index (χ3v) is 8.47. The van der Waals surface area contributed by atoms with Gasteiger partial charge >= 0.3 is 11.9 Å². The molecule has 47 heavy (non-hydrogen) atoms. The topological polar surface area (TPSA) is 73.3 Å². The quantitative estimate of drug-likeness (QED) is 0.133. The fourth-order valence-corrected chi connectivity index (χ4v) is 6.00. The third-order valence-electron chi connectivity index (χ3n) is 7.94. The summed E-state index contributed by atoms with van der Waals surface area (Å²) in [6.45, 7) is 12.6. The van der Waals surface area contributed by atoms with Crippen molar-refractivity contribution < 1.29 is 19.1 Å². The van der Waals surface area contributed by atoms with Crippen molar-refractivity contribution in [1.29, 1.82) is 0 Å². The highest BCUT2D eigenvalue weighted by Gasteiger charge is 2.23. The lowest BCUT2D eigenvalue weighted by Gasteiger charge is -2.18. The molecule has 6 rings (SSSR count). The van der Waals surface area contributed by atoms with Gasteiger partial charge in [0.15, 0.2) is 0 Å². The number of halogens is 1. The molecule has 0 amide bonds. The molecule has 2 atom stereocenters. The first kappa shape index (κ1) is 35.2. The second kappa shape index (κ2) is 16.8. The molecule has 0 saturated heterocycles. The van der Waals surface area contributed by atoms with Gasteiger partial charge in [-0.15, -0.1) is 0 Å². The first-order valence-electron chi connectivity index (χ1n) is 15.9. The predicted octanol–water partition coefficient (Wildman–Crippen LogP) is 10.5. The van der Waals surface area contributed by atoms with E-state index in [4.69, 9.17) is 9.47 Å². The van der Waals surface area contributed by atoms with E-state index in [0.717, 1.165) is 33.2 Å². The number of ether oxygens (including phenoxy) is 2.